The highest BCUT2D eigenvalue weighted by Crippen LogP contribution is 2.25. The molecule has 0 aliphatic rings. The predicted molar refractivity (Wildman–Crippen MR) is 91.7 cm³/mol. The van der Waals surface area contributed by atoms with Gasteiger partial charge in [0.25, 0.3) is 0 Å². The van der Waals surface area contributed by atoms with Crippen molar-refractivity contribution in [2.75, 3.05) is 5.32 Å². The van der Waals surface area contributed by atoms with Gasteiger partial charge in [0.05, 0.1) is 11.4 Å². The van der Waals surface area contributed by atoms with Crippen molar-refractivity contribution in [1.29, 1.82) is 0 Å². The molecule has 0 radical (unpaired) electrons. The van der Waals surface area contributed by atoms with Crippen LogP contribution in [0.25, 0.3) is 11.3 Å². The maximum Gasteiger partial charge on any atom is 0.308 e. The van der Waals surface area contributed by atoms with E-state index in [-0.39, 0.29) is 23.1 Å². The summed E-state index contributed by atoms with van der Waals surface area (Å²) in [4.78, 5) is 24.9. The number of carbonyl (C=O) groups excluding carboxylic acids is 1. The van der Waals surface area contributed by atoms with E-state index < -0.39 is 0 Å². The van der Waals surface area contributed by atoms with Gasteiger partial charge in [-0.3, -0.25) is 14.2 Å². The zero-order valence-electron chi connectivity index (χ0n) is 12.2. The molecular weight excluding hydrogens is 335 g/mol. The number of halogens is 1. The lowest BCUT2D eigenvalue weighted by Crippen LogP contribution is -2.24. The van der Waals surface area contributed by atoms with Crippen LogP contribution in [0.2, 0.25) is 0 Å². The quantitative estimate of drug-likeness (QED) is 0.781. The zero-order chi connectivity index (χ0) is 16.4. The van der Waals surface area contributed by atoms with Crippen LogP contribution in [0.15, 0.2) is 45.9 Å². The van der Waals surface area contributed by atoms with Crippen molar-refractivity contribution in [3.05, 3.63) is 61.5 Å². The van der Waals surface area contributed by atoms with Crippen LogP contribution < -0.4 is 10.2 Å². The topological polar surface area (TPSA) is 51.1 Å². The average Bonchev–Trinajstić information content (AvgIpc) is 3.09. The number of nitrogens with zero attached hydrogens (tertiary/aromatic N) is 1. The molecular formula is C16H13FN2O2S2. The van der Waals surface area contributed by atoms with Crippen LogP contribution in [-0.4, -0.2) is 10.5 Å². The van der Waals surface area contributed by atoms with E-state index in [1.807, 2.05) is 17.7 Å². The van der Waals surface area contributed by atoms with Crippen LogP contribution in [0.5, 0.6) is 0 Å². The van der Waals surface area contributed by atoms with Gasteiger partial charge in [-0.15, -0.1) is 0 Å². The Kier molecular flexibility index (Phi) is 4.40. The number of carbonyl (C=O) groups is 1. The zero-order valence-corrected chi connectivity index (χ0v) is 13.8. The molecule has 1 aromatic carbocycles. The van der Waals surface area contributed by atoms with Crippen LogP contribution >= 0.6 is 22.7 Å². The minimum absolute atomic E-state index is 0.0776. The van der Waals surface area contributed by atoms with E-state index in [0.717, 1.165) is 16.2 Å². The highest BCUT2D eigenvalue weighted by molar-refractivity contribution is 7.09. The van der Waals surface area contributed by atoms with Crippen molar-refractivity contribution in [1.82, 2.24) is 4.57 Å². The Morgan fingerprint density at radius 2 is 2.00 bits per heavy atom. The van der Waals surface area contributed by atoms with Crippen molar-refractivity contribution < 1.29 is 9.18 Å². The van der Waals surface area contributed by atoms with Crippen molar-refractivity contribution >= 4 is 34.3 Å². The van der Waals surface area contributed by atoms with E-state index in [1.165, 1.54) is 28.0 Å². The fourth-order valence-corrected chi connectivity index (χ4v) is 3.75. The minimum Gasteiger partial charge on any atom is -0.324 e. The molecule has 0 unspecified atom stereocenters. The van der Waals surface area contributed by atoms with Crippen molar-refractivity contribution in [2.24, 2.45) is 0 Å². The summed E-state index contributed by atoms with van der Waals surface area (Å²) in [6, 6.07) is 7.69. The summed E-state index contributed by atoms with van der Waals surface area (Å²) in [5.74, 6) is -0.614. The molecule has 0 fully saturated rings. The molecule has 0 spiro atoms. The van der Waals surface area contributed by atoms with Gasteiger partial charge < -0.3 is 5.32 Å². The number of amides is 1. The van der Waals surface area contributed by atoms with E-state index in [1.54, 1.807) is 18.2 Å². The summed E-state index contributed by atoms with van der Waals surface area (Å²) in [5, 5.41) is 6.43. The summed E-state index contributed by atoms with van der Waals surface area (Å²) in [7, 11) is 0. The van der Waals surface area contributed by atoms with Gasteiger partial charge in [-0.1, -0.05) is 11.3 Å². The molecule has 0 saturated carbocycles. The fraction of sp³-hybridized carbons (Fsp3) is 0.125. The molecule has 2 aromatic heterocycles. The lowest BCUT2D eigenvalue weighted by atomic mass is 10.1. The third-order valence-corrected chi connectivity index (χ3v) is 4.87. The Morgan fingerprint density at radius 1 is 1.26 bits per heavy atom. The summed E-state index contributed by atoms with van der Waals surface area (Å²) >= 11 is 2.56. The van der Waals surface area contributed by atoms with Gasteiger partial charge in [0, 0.05) is 10.3 Å². The third-order valence-electron chi connectivity index (χ3n) is 3.29. The highest BCUT2D eigenvalue weighted by atomic mass is 32.1. The maximum atomic E-state index is 13.1. The van der Waals surface area contributed by atoms with Gasteiger partial charge in [0.15, 0.2) is 0 Å². The third kappa shape index (κ3) is 3.40. The number of thiazole rings is 1. The van der Waals surface area contributed by atoms with Gasteiger partial charge in [-0.2, -0.15) is 11.3 Å². The Morgan fingerprint density at radius 3 is 2.65 bits per heavy atom. The molecule has 0 atom stereocenters. The first-order valence-electron chi connectivity index (χ1n) is 6.83. The largest absolute Gasteiger partial charge is 0.324 e. The van der Waals surface area contributed by atoms with Gasteiger partial charge in [-0.25, -0.2) is 4.39 Å². The second-order valence-electron chi connectivity index (χ2n) is 4.93. The van der Waals surface area contributed by atoms with Crippen LogP contribution in [0, 0.1) is 12.7 Å². The number of hydrogen-bond acceptors (Lipinski definition) is 4. The Balaban J connectivity index is 1.91. The molecule has 0 aliphatic heterocycles. The molecule has 23 heavy (non-hydrogen) atoms. The SMILES string of the molecule is Cc1sc(=O)n(CC(=O)Nc2ccsc2)c1-c1ccc(F)cc1. The number of rotatable bonds is 4. The Hall–Kier alpha value is -2.25. The second-order valence-corrected chi connectivity index (χ2v) is 6.87. The molecule has 0 aliphatic carbocycles. The first-order chi connectivity index (χ1) is 11.0. The van der Waals surface area contributed by atoms with Gasteiger partial charge >= 0.3 is 4.87 Å². The molecule has 2 heterocycles. The van der Waals surface area contributed by atoms with E-state index in [4.69, 9.17) is 0 Å². The Labute approximate surface area is 139 Å². The molecule has 1 amide bonds. The number of anilines is 1. The average molecular weight is 348 g/mol. The normalized spacial score (nSPS) is 10.7. The molecule has 3 aromatic rings. The Bertz CT molecular complexity index is 880. The summed E-state index contributed by atoms with van der Waals surface area (Å²) < 4.78 is 14.5. The lowest BCUT2D eigenvalue weighted by Gasteiger charge is -2.09. The number of benzene rings is 1. The number of aromatic nitrogens is 1. The number of nitrogens with one attached hydrogen (secondary N) is 1. The van der Waals surface area contributed by atoms with Crippen LogP contribution in [0.3, 0.4) is 0 Å². The van der Waals surface area contributed by atoms with E-state index in [0.29, 0.717) is 16.9 Å². The predicted octanol–water partition coefficient (Wildman–Crippen LogP) is 3.72. The minimum atomic E-state index is -0.342. The molecule has 7 heteroatoms. The lowest BCUT2D eigenvalue weighted by molar-refractivity contribution is -0.116. The second kappa shape index (κ2) is 6.47. The fourth-order valence-electron chi connectivity index (χ4n) is 2.31. The monoisotopic (exact) mass is 348 g/mol. The molecule has 1 N–H and O–H groups in total. The highest BCUT2D eigenvalue weighted by Gasteiger charge is 2.16. The first-order valence-corrected chi connectivity index (χ1v) is 8.59. The smallest absolute Gasteiger partial charge is 0.308 e. The number of thiophene rings is 1. The summed E-state index contributed by atoms with van der Waals surface area (Å²) in [6.45, 7) is 1.74. The summed E-state index contributed by atoms with van der Waals surface area (Å²) in [5.41, 5.74) is 2.08. The van der Waals surface area contributed by atoms with Gasteiger partial charge in [0.2, 0.25) is 5.91 Å². The first kappa shape index (κ1) is 15.6. The summed E-state index contributed by atoms with van der Waals surface area (Å²) in [6.07, 6.45) is 0. The van der Waals surface area contributed by atoms with Crippen LogP contribution in [0.4, 0.5) is 10.1 Å². The van der Waals surface area contributed by atoms with E-state index in [9.17, 15) is 14.0 Å². The van der Waals surface area contributed by atoms with Crippen LogP contribution in [0.1, 0.15) is 4.88 Å². The van der Waals surface area contributed by atoms with Crippen molar-refractivity contribution in [3.63, 3.8) is 0 Å². The number of aryl methyl sites for hydroxylation is 1. The van der Waals surface area contributed by atoms with Crippen molar-refractivity contribution in [3.8, 4) is 11.3 Å². The molecule has 4 nitrogen and oxygen atoms in total. The standard InChI is InChI=1S/C16H13FN2O2S2/c1-10-15(11-2-4-12(17)5-3-11)19(16(21)23-10)8-14(20)18-13-6-7-22-9-13/h2-7,9H,8H2,1H3,(H,18,20). The van der Waals surface area contributed by atoms with Crippen molar-refractivity contribution in [2.45, 2.75) is 13.5 Å². The molecule has 118 valence electrons. The molecule has 0 saturated heterocycles. The molecule has 3 rings (SSSR count). The number of hydrogen-bond donors (Lipinski definition) is 1. The van der Waals surface area contributed by atoms with Gasteiger partial charge in [-0.05, 0) is 48.2 Å². The van der Waals surface area contributed by atoms with E-state index >= 15 is 0 Å². The van der Waals surface area contributed by atoms with Gasteiger partial charge in [0.1, 0.15) is 12.4 Å². The maximum absolute atomic E-state index is 13.1. The van der Waals surface area contributed by atoms with Crippen LogP contribution in [-0.2, 0) is 11.3 Å². The molecule has 0 bridgehead atoms. The van der Waals surface area contributed by atoms with E-state index in [2.05, 4.69) is 5.32 Å².